The van der Waals surface area contributed by atoms with Crippen molar-refractivity contribution in [1.29, 1.82) is 0 Å². The Bertz CT molecular complexity index is 613. The van der Waals surface area contributed by atoms with Gasteiger partial charge in [-0.15, -0.1) is 10.2 Å². The molecule has 2 aromatic rings. The summed E-state index contributed by atoms with van der Waals surface area (Å²) in [4.78, 5) is 12.0. The molecule has 0 spiro atoms. The van der Waals surface area contributed by atoms with Crippen LogP contribution in [0.2, 0.25) is 0 Å². The molecule has 1 atom stereocenters. The minimum Gasteiger partial charge on any atom is -0.487 e. The highest BCUT2D eigenvalue weighted by Crippen LogP contribution is 2.28. The van der Waals surface area contributed by atoms with Gasteiger partial charge in [-0.3, -0.25) is 0 Å². The first-order valence-electron chi connectivity index (χ1n) is 6.76. The Morgan fingerprint density at radius 3 is 2.70 bits per heavy atom. The number of esters is 1. The molecule has 0 aliphatic heterocycles. The highest BCUT2D eigenvalue weighted by Gasteiger charge is 2.21. The fourth-order valence-corrected chi connectivity index (χ4v) is 1.77. The number of hydrogen-bond donors (Lipinski definition) is 0. The Balaban J connectivity index is 2.55. The van der Waals surface area contributed by atoms with E-state index in [2.05, 4.69) is 10.2 Å². The molecule has 1 unspecified atom stereocenters. The first kappa shape index (κ1) is 14.2. The van der Waals surface area contributed by atoms with E-state index >= 15 is 0 Å². The summed E-state index contributed by atoms with van der Waals surface area (Å²) < 4.78 is 10.9. The maximum atomic E-state index is 12.0. The van der Waals surface area contributed by atoms with E-state index in [-0.39, 0.29) is 18.4 Å². The summed E-state index contributed by atoms with van der Waals surface area (Å²) in [6.45, 7) is 6.01. The van der Waals surface area contributed by atoms with Crippen molar-refractivity contribution in [2.75, 3.05) is 6.61 Å². The smallest absolute Gasteiger partial charge is 0.362 e. The molecule has 2 rings (SSSR count). The van der Waals surface area contributed by atoms with Gasteiger partial charge in [0.1, 0.15) is 0 Å². The van der Waals surface area contributed by atoms with Crippen molar-refractivity contribution in [2.45, 2.75) is 33.3 Å². The highest BCUT2D eigenvalue weighted by molar-refractivity contribution is 5.97. The van der Waals surface area contributed by atoms with Crippen LogP contribution in [0.5, 0.6) is 5.75 Å². The number of rotatable bonds is 5. The van der Waals surface area contributed by atoms with Crippen molar-refractivity contribution < 1.29 is 14.3 Å². The van der Waals surface area contributed by atoms with Crippen molar-refractivity contribution in [3.63, 3.8) is 0 Å². The molecule has 5 nitrogen and oxygen atoms in total. The number of aromatic nitrogens is 2. The molecule has 0 saturated carbocycles. The predicted octanol–water partition coefficient (Wildman–Crippen LogP) is 2.98. The van der Waals surface area contributed by atoms with Crippen LogP contribution in [0.15, 0.2) is 24.3 Å². The van der Waals surface area contributed by atoms with Gasteiger partial charge in [0.15, 0.2) is 5.75 Å². The van der Waals surface area contributed by atoms with Gasteiger partial charge < -0.3 is 9.47 Å². The van der Waals surface area contributed by atoms with Crippen molar-refractivity contribution in [2.24, 2.45) is 0 Å². The van der Waals surface area contributed by atoms with Crippen molar-refractivity contribution in [3.05, 3.63) is 30.0 Å². The van der Waals surface area contributed by atoms with E-state index in [4.69, 9.17) is 9.47 Å². The summed E-state index contributed by atoms with van der Waals surface area (Å²) in [6, 6.07) is 7.45. The normalized spacial score (nSPS) is 12.2. The number of benzene rings is 1. The Morgan fingerprint density at radius 1 is 1.25 bits per heavy atom. The van der Waals surface area contributed by atoms with E-state index in [0.29, 0.717) is 11.3 Å². The van der Waals surface area contributed by atoms with E-state index in [1.807, 2.05) is 38.1 Å². The van der Waals surface area contributed by atoms with Gasteiger partial charge in [0.2, 0.25) is 5.69 Å². The van der Waals surface area contributed by atoms with E-state index in [1.54, 1.807) is 6.92 Å². The molecule has 106 valence electrons. The minimum absolute atomic E-state index is 0.0178. The maximum Gasteiger partial charge on any atom is 0.362 e. The molecule has 0 saturated heterocycles. The van der Waals surface area contributed by atoms with E-state index < -0.39 is 5.97 Å². The Kier molecular flexibility index (Phi) is 4.50. The van der Waals surface area contributed by atoms with Crippen LogP contribution in [0.4, 0.5) is 0 Å². The molecule has 0 fully saturated rings. The van der Waals surface area contributed by atoms with Gasteiger partial charge in [-0.1, -0.05) is 19.1 Å². The monoisotopic (exact) mass is 274 g/mol. The first-order valence-corrected chi connectivity index (χ1v) is 6.76. The quantitative estimate of drug-likeness (QED) is 0.784. The fourth-order valence-electron chi connectivity index (χ4n) is 1.77. The van der Waals surface area contributed by atoms with Crippen LogP contribution >= 0.6 is 0 Å². The third-order valence-corrected chi connectivity index (χ3v) is 2.98. The lowest BCUT2D eigenvalue weighted by Gasteiger charge is -2.16. The average molecular weight is 274 g/mol. The second kappa shape index (κ2) is 6.32. The number of nitrogens with zero attached hydrogens (tertiary/aromatic N) is 2. The molecule has 5 heteroatoms. The Labute approximate surface area is 117 Å². The van der Waals surface area contributed by atoms with Crippen molar-refractivity contribution in [3.8, 4) is 5.75 Å². The summed E-state index contributed by atoms with van der Waals surface area (Å²) in [5, 5.41) is 8.78. The van der Waals surface area contributed by atoms with Gasteiger partial charge in [0, 0.05) is 5.39 Å². The van der Waals surface area contributed by atoms with Gasteiger partial charge in [-0.2, -0.15) is 0 Å². The minimum atomic E-state index is -0.510. The maximum absolute atomic E-state index is 12.0. The van der Waals surface area contributed by atoms with Crippen LogP contribution in [0.3, 0.4) is 0 Å². The fraction of sp³-hybridized carbons (Fsp3) is 0.400. The van der Waals surface area contributed by atoms with Crippen LogP contribution in [0.1, 0.15) is 37.7 Å². The first-order chi connectivity index (χ1) is 9.67. The highest BCUT2D eigenvalue weighted by atomic mass is 16.5. The third kappa shape index (κ3) is 2.87. The number of carbonyl (C=O) groups excluding carboxylic acids is 1. The lowest BCUT2D eigenvalue weighted by molar-refractivity contribution is 0.0511. The van der Waals surface area contributed by atoms with E-state index in [1.165, 1.54) is 0 Å². The third-order valence-electron chi connectivity index (χ3n) is 2.98. The molecule has 0 N–H and O–H groups in total. The van der Waals surface area contributed by atoms with E-state index in [9.17, 15) is 4.79 Å². The largest absolute Gasteiger partial charge is 0.487 e. The zero-order valence-corrected chi connectivity index (χ0v) is 11.9. The molecule has 0 aliphatic rings. The Hall–Kier alpha value is -2.17. The van der Waals surface area contributed by atoms with Gasteiger partial charge in [-0.05, 0) is 32.4 Å². The van der Waals surface area contributed by atoms with Crippen LogP contribution in [-0.4, -0.2) is 28.9 Å². The lowest BCUT2D eigenvalue weighted by Crippen LogP contribution is -2.16. The summed E-state index contributed by atoms with van der Waals surface area (Å²) in [6.07, 6.45) is 0.814. The molecule has 0 amide bonds. The van der Waals surface area contributed by atoms with Gasteiger partial charge in [-0.25, -0.2) is 4.79 Å². The molecule has 0 radical (unpaired) electrons. The van der Waals surface area contributed by atoms with Crippen LogP contribution in [-0.2, 0) is 4.74 Å². The van der Waals surface area contributed by atoms with Gasteiger partial charge in [0.25, 0.3) is 0 Å². The predicted molar refractivity (Wildman–Crippen MR) is 75.9 cm³/mol. The van der Waals surface area contributed by atoms with Gasteiger partial charge >= 0.3 is 5.97 Å². The number of ether oxygens (including phenoxy) is 2. The van der Waals surface area contributed by atoms with Crippen LogP contribution in [0.25, 0.3) is 10.9 Å². The number of fused-ring (bicyclic) bond motifs is 1. The van der Waals surface area contributed by atoms with E-state index in [0.717, 1.165) is 11.8 Å². The SMILES string of the molecule is CCOC(=O)c1nnc2ccccc2c1OC(C)CC. The number of hydrogen-bond acceptors (Lipinski definition) is 5. The standard InChI is InChI=1S/C15H18N2O3/c1-4-10(3)20-14-11-8-6-7-9-12(11)16-17-13(14)15(18)19-5-2/h6-10H,4-5H2,1-3H3. The summed E-state index contributed by atoms with van der Waals surface area (Å²) in [5.74, 6) is -0.0625. The van der Waals surface area contributed by atoms with Crippen LogP contribution < -0.4 is 4.74 Å². The molecule has 0 bridgehead atoms. The van der Waals surface area contributed by atoms with Crippen molar-refractivity contribution in [1.82, 2.24) is 10.2 Å². The lowest BCUT2D eigenvalue weighted by atomic mass is 10.2. The number of carbonyl (C=O) groups is 1. The molecule has 0 aliphatic carbocycles. The molecule has 20 heavy (non-hydrogen) atoms. The molecular formula is C15H18N2O3. The zero-order chi connectivity index (χ0) is 14.5. The second-order valence-corrected chi connectivity index (χ2v) is 4.45. The summed E-state index contributed by atoms with van der Waals surface area (Å²) in [7, 11) is 0. The summed E-state index contributed by atoms with van der Waals surface area (Å²) in [5.41, 5.74) is 0.824. The van der Waals surface area contributed by atoms with Crippen LogP contribution in [0, 0.1) is 0 Å². The second-order valence-electron chi connectivity index (χ2n) is 4.45. The summed E-state index contributed by atoms with van der Waals surface area (Å²) >= 11 is 0. The molecule has 1 heterocycles. The average Bonchev–Trinajstić information content (AvgIpc) is 2.47. The topological polar surface area (TPSA) is 61.3 Å². The van der Waals surface area contributed by atoms with Crippen molar-refractivity contribution >= 4 is 16.9 Å². The zero-order valence-electron chi connectivity index (χ0n) is 11.9. The molecule has 1 aromatic carbocycles. The Morgan fingerprint density at radius 2 is 2.00 bits per heavy atom. The molecule has 1 aromatic heterocycles. The molecular weight excluding hydrogens is 256 g/mol. The van der Waals surface area contributed by atoms with Gasteiger partial charge in [0.05, 0.1) is 18.2 Å².